The predicted molar refractivity (Wildman–Crippen MR) is 168 cm³/mol. The van der Waals surface area contributed by atoms with Gasteiger partial charge in [0.05, 0.1) is 17.2 Å². The van der Waals surface area contributed by atoms with Gasteiger partial charge in [-0.1, -0.05) is 74.0 Å². The van der Waals surface area contributed by atoms with E-state index < -0.39 is 11.6 Å². The van der Waals surface area contributed by atoms with E-state index in [1.54, 1.807) is 11.8 Å². The molecule has 0 aliphatic heterocycles. The van der Waals surface area contributed by atoms with Gasteiger partial charge in [-0.05, 0) is 98.1 Å². The lowest BCUT2D eigenvalue weighted by Crippen LogP contribution is -2.20. The maximum atomic E-state index is 11.7. The van der Waals surface area contributed by atoms with Gasteiger partial charge in [-0.15, -0.1) is 0 Å². The quantitative estimate of drug-likeness (QED) is 0.184. The van der Waals surface area contributed by atoms with Crippen molar-refractivity contribution in [3.8, 4) is 0 Å². The van der Waals surface area contributed by atoms with Crippen molar-refractivity contribution in [1.82, 2.24) is 4.98 Å². The van der Waals surface area contributed by atoms with Crippen LogP contribution < -0.4 is 0 Å². The fourth-order valence-corrected chi connectivity index (χ4v) is 6.57. The predicted octanol–water partition coefficient (Wildman–Crippen LogP) is 8.19. The first kappa shape index (κ1) is 30.1. The van der Waals surface area contributed by atoms with Crippen LogP contribution in [0.4, 0.5) is 0 Å². The molecule has 3 aromatic rings. The number of pyridine rings is 1. The van der Waals surface area contributed by atoms with Crippen molar-refractivity contribution < 1.29 is 15.0 Å². The molecule has 0 bridgehead atoms. The van der Waals surface area contributed by atoms with E-state index in [2.05, 4.69) is 61.5 Å². The van der Waals surface area contributed by atoms with E-state index in [4.69, 9.17) is 4.98 Å². The number of carbonyl (C=O) groups is 1. The van der Waals surface area contributed by atoms with Crippen molar-refractivity contribution in [3.05, 3.63) is 100 Å². The number of aromatic nitrogens is 1. The molecule has 0 radical (unpaired) electrons. The monoisotopic (exact) mass is 557 g/mol. The molecule has 0 spiro atoms. The van der Waals surface area contributed by atoms with E-state index in [1.807, 2.05) is 38.1 Å². The molecule has 1 fully saturated rings. The maximum absolute atomic E-state index is 11.7. The molecule has 5 heteroatoms. The molecule has 40 heavy (non-hydrogen) atoms. The van der Waals surface area contributed by atoms with Crippen LogP contribution in [-0.2, 0) is 16.8 Å². The van der Waals surface area contributed by atoms with Gasteiger partial charge in [0.15, 0.2) is 0 Å². The highest BCUT2D eigenvalue weighted by molar-refractivity contribution is 7.99. The minimum absolute atomic E-state index is 0.0863. The minimum Gasteiger partial charge on any atom is -0.481 e. The number of hydrogen-bond acceptors (Lipinski definition) is 4. The molecule has 4 nitrogen and oxygen atoms in total. The molecule has 1 saturated carbocycles. The van der Waals surface area contributed by atoms with Gasteiger partial charge in [0.2, 0.25) is 0 Å². The average Bonchev–Trinajstić information content (AvgIpc) is 3.78. The Kier molecular flexibility index (Phi) is 10.6. The summed E-state index contributed by atoms with van der Waals surface area (Å²) in [6.45, 7) is 5.88. The van der Waals surface area contributed by atoms with Gasteiger partial charge in [-0.3, -0.25) is 9.78 Å². The van der Waals surface area contributed by atoms with Crippen molar-refractivity contribution in [2.45, 2.75) is 70.8 Å². The van der Waals surface area contributed by atoms with Crippen LogP contribution in [0.3, 0.4) is 0 Å². The number of nitrogens with zero attached hydrogens (tertiary/aromatic N) is 1. The largest absolute Gasteiger partial charge is 0.481 e. The summed E-state index contributed by atoms with van der Waals surface area (Å²) in [5, 5.41) is 20.6. The maximum Gasteiger partial charge on any atom is 0.307 e. The Bertz CT molecular complexity index is 1290. The van der Waals surface area contributed by atoms with Crippen LogP contribution in [-0.4, -0.2) is 32.7 Å². The molecule has 2 unspecified atom stereocenters. The fourth-order valence-electron chi connectivity index (χ4n) is 5.33. The lowest BCUT2D eigenvalue weighted by molar-refractivity contribution is -0.141. The Hall–Kier alpha value is -2.89. The third-order valence-corrected chi connectivity index (χ3v) is 8.85. The number of aliphatic hydroxyl groups is 1. The van der Waals surface area contributed by atoms with E-state index in [0.717, 1.165) is 72.4 Å². The van der Waals surface area contributed by atoms with E-state index in [0.29, 0.717) is 11.7 Å². The molecule has 2 aromatic carbocycles. The molecule has 1 aromatic heterocycles. The van der Waals surface area contributed by atoms with E-state index in [9.17, 15) is 15.0 Å². The molecule has 212 valence electrons. The fraction of sp³-hybridized carbons (Fsp3) is 0.429. The number of thioether (sulfide) groups is 1. The molecule has 0 amide bonds. The van der Waals surface area contributed by atoms with Crippen molar-refractivity contribution >= 4 is 29.9 Å². The molecule has 1 aliphatic carbocycles. The SMILES string of the molecule is CCCCc1cccc(C=Cc2cccc(C(CCSCC(C(=O)O)C3CC3)c3ccccc3C(C)(C)O)c2)n1. The van der Waals surface area contributed by atoms with Gasteiger partial charge >= 0.3 is 5.97 Å². The molecule has 2 atom stereocenters. The van der Waals surface area contributed by atoms with Gasteiger partial charge in [0, 0.05) is 17.4 Å². The van der Waals surface area contributed by atoms with Gasteiger partial charge in [0.1, 0.15) is 0 Å². The Labute approximate surface area is 244 Å². The van der Waals surface area contributed by atoms with Crippen molar-refractivity contribution in [2.24, 2.45) is 11.8 Å². The third kappa shape index (κ3) is 8.55. The average molecular weight is 558 g/mol. The molecular weight excluding hydrogens is 514 g/mol. The third-order valence-electron chi connectivity index (χ3n) is 7.73. The summed E-state index contributed by atoms with van der Waals surface area (Å²) in [6.07, 6.45) is 10.4. The highest BCUT2D eigenvalue weighted by atomic mass is 32.2. The number of carboxylic acid groups (broad SMARTS) is 1. The minimum atomic E-state index is -0.964. The summed E-state index contributed by atoms with van der Waals surface area (Å²) in [6, 6.07) is 23.0. The first-order valence-electron chi connectivity index (χ1n) is 14.6. The lowest BCUT2D eigenvalue weighted by Gasteiger charge is -2.27. The summed E-state index contributed by atoms with van der Waals surface area (Å²) in [7, 11) is 0. The molecule has 2 N–H and O–H groups in total. The number of aryl methyl sites for hydroxylation is 1. The van der Waals surface area contributed by atoms with Crippen molar-refractivity contribution in [2.75, 3.05) is 11.5 Å². The summed E-state index contributed by atoms with van der Waals surface area (Å²) < 4.78 is 0. The number of benzene rings is 2. The van der Waals surface area contributed by atoms with Crippen LogP contribution in [0.5, 0.6) is 0 Å². The van der Waals surface area contributed by atoms with Gasteiger partial charge < -0.3 is 10.2 Å². The van der Waals surface area contributed by atoms with E-state index in [-0.39, 0.29) is 11.8 Å². The van der Waals surface area contributed by atoms with E-state index in [1.165, 1.54) is 5.56 Å². The number of hydrogen-bond donors (Lipinski definition) is 2. The molecular formula is C35H43NO3S. The second-order valence-corrected chi connectivity index (χ2v) is 12.7. The Morgan fingerprint density at radius 2 is 1.85 bits per heavy atom. The first-order valence-corrected chi connectivity index (χ1v) is 15.8. The zero-order valence-corrected chi connectivity index (χ0v) is 24.9. The smallest absolute Gasteiger partial charge is 0.307 e. The van der Waals surface area contributed by atoms with Gasteiger partial charge in [-0.25, -0.2) is 0 Å². The molecule has 0 saturated heterocycles. The van der Waals surface area contributed by atoms with Crippen LogP contribution in [0.15, 0.2) is 66.7 Å². The summed E-state index contributed by atoms with van der Waals surface area (Å²) in [5.74, 6) is 1.05. The number of rotatable bonds is 15. The lowest BCUT2D eigenvalue weighted by atomic mass is 9.81. The highest BCUT2D eigenvalue weighted by Gasteiger charge is 2.36. The van der Waals surface area contributed by atoms with Crippen LogP contribution in [0.2, 0.25) is 0 Å². The first-order chi connectivity index (χ1) is 19.3. The number of unbranched alkanes of at least 4 members (excludes halogenated alkanes) is 1. The van der Waals surface area contributed by atoms with Crippen LogP contribution in [0, 0.1) is 11.8 Å². The van der Waals surface area contributed by atoms with Gasteiger partial charge in [-0.2, -0.15) is 11.8 Å². The van der Waals surface area contributed by atoms with Crippen LogP contribution >= 0.6 is 11.8 Å². The summed E-state index contributed by atoms with van der Waals surface area (Å²) in [5.41, 5.74) is 5.49. The Morgan fingerprint density at radius 1 is 1.07 bits per heavy atom. The molecule has 4 rings (SSSR count). The Morgan fingerprint density at radius 3 is 2.58 bits per heavy atom. The normalized spacial score (nSPS) is 15.3. The van der Waals surface area contributed by atoms with Crippen LogP contribution in [0.1, 0.15) is 92.4 Å². The zero-order chi connectivity index (χ0) is 28.5. The van der Waals surface area contributed by atoms with Crippen molar-refractivity contribution in [3.63, 3.8) is 0 Å². The topological polar surface area (TPSA) is 70.4 Å². The van der Waals surface area contributed by atoms with Crippen LogP contribution in [0.25, 0.3) is 12.2 Å². The standard InChI is InChI=1S/C35H43NO3S/c1-4-5-12-28-13-9-14-29(36-28)20-17-25-10-8-11-27(23-25)30(31-15-6-7-16-33(31)35(2,3)39)21-22-40-24-32(34(37)38)26-18-19-26/h6-11,13-17,20,23,26,30,32,39H,4-5,12,18-19,21-22,24H2,1-3H3,(H,37,38). The van der Waals surface area contributed by atoms with Crippen molar-refractivity contribution in [1.29, 1.82) is 0 Å². The Balaban J connectivity index is 1.56. The summed E-state index contributed by atoms with van der Waals surface area (Å²) in [4.78, 5) is 16.5. The highest BCUT2D eigenvalue weighted by Crippen LogP contribution is 2.40. The van der Waals surface area contributed by atoms with E-state index >= 15 is 0 Å². The summed E-state index contributed by atoms with van der Waals surface area (Å²) >= 11 is 1.74. The molecule has 1 heterocycles. The second kappa shape index (κ2) is 14.1. The number of carboxylic acids is 1. The second-order valence-electron chi connectivity index (χ2n) is 11.5. The molecule has 1 aliphatic rings. The number of aliphatic carboxylic acids is 1. The zero-order valence-electron chi connectivity index (χ0n) is 24.1. The van der Waals surface area contributed by atoms with Gasteiger partial charge in [0.25, 0.3) is 0 Å².